The second-order valence-corrected chi connectivity index (χ2v) is 4.45. The molecule has 1 heterocycles. The number of benzene rings is 1. The molecule has 0 fully saturated rings. The first kappa shape index (κ1) is 13.2. The number of amides is 1. The Morgan fingerprint density at radius 2 is 2.16 bits per heavy atom. The Morgan fingerprint density at radius 1 is 1.42 bits per heavy atom. The van der Waals surface area contributed by atoms with Gasteiger partial charge < -0.3 is 16.2 Å². The summed E-state index contributed by atoms with van der Waals surface area (Å²) in [5.41, 5.74) is 7.19. The van der Waals surface area contributed by atoms with Crippen molar-refractivity contribution in [2.75, 3.05) is 11.1 Å². The molecule has 0 saturated heterocycles. The number of rotatable bonds is 2. The van der Waals surface area contributed by atoms with E-state index in [0.717, 1.165) is 5.56 Å². The van der Waals surface area contributed by atoms with Crippen molar-refractivity contribution < 1.29 is 9.90 Å². The number of hydrogen-bond acceptors (Lipinski definition) is 4. The van der Waals surface area contributed by atoms with Gasteiger partial charge in [-0.05, 0) is 36.8 Å². The highest BCUT2D eigenvalue weighted by Gasteiger charge is 2.12. The van der Waals surface area contributed by atoms with Crippen LogP contribution in [0.25, 0.3) is 0 Å². The first-order chi connectivity index (χ1) is 8.97. The zero-order valence-corrected chi connectivity index (χ0v) is 10.9. The minimum absolute atomic E-state index is 0.0315. The van der Waals surface area contributed by atoms with Gasteiger partial charge in [-0.1, -0.05) is 11.6 Å². The summed E-state index contributed by atoms with van der Waals surface area (Å²) in [7, 11) is 0. The van der Waals surface area contributed by atoms with Gasteiger partial charge in [0.05, 0.1) is 22.5 Å². The number of nitrogens with two attached hydrogens (primary N) is 1. The van der Waals surface area contributed by atoms with Crippen LogP contribution in [-0.2, 0) is 0 Å². The van der Waals surface area contributed by atoms with Crippen LogP contribution in [0.1, 0.15) is 15.9 Å². The number of nitrogens with one attached hydrogen (secondary N) is 1. The molecule has 0 unspecified atom stereocenters. The van der Waals surface area contributed by atoms with Gasteiger partial charge in [0, 0.05) is 0 Å². The molecule has 0 aliphatic heterocycles. The second kappa shape index (κ2) is 5.16. The predicted molar refractivity (Wildman–Crippen MR) is 74.5 cm³/mol. The van der Waals surface area contributed by atoms with Gasteiger partial charge in [0.15, 0.2) is 0 Å². The molecule has 0 bridgehead atoms. The van der Waals surface area contributed by atoms with E-state index in [2.05, 4.69) is 10.3 Å². The van der Waals surface area contributed by atoms with Crippen molar-refractivity contribution in [1.29, 1.82) is 0 Å². The maximum atomic E-state index is 12.0. The Hall–Kier alpha value is -2.27. The van der Waals surface area contributed by atoms with E-state index in [0.29, 0.717) is 11.5 Å². The zero-order valence-electron chi connectivity index (χ0n) is 10.1. The van der Waals surface area contributed by atoms with Crippen molar-refractivity contribution in [3.8, 4) is 5.75 Å². The van der Waals surface area contributed by atoms with Crippen LogP contribution < -0.4 is 11.1 Å². The van der Waals surface area contributed by atoms with E-state index in [9.17, 15) is 9.90 Å². The number of aromatic hydroxyl groups is 1. The summed E-state index contributed by atoms with van der Waals surface area (Å²) in [5.74, 6) is -0.107. The Balaban J connectivity index is 2.25. The van der Waals surface area contributed by atoms with Crippen molar-refractivity contribution in [2.24, 2.45) is 0 Å². The molecular weight excluding hydrogens is 266 g/mol. The van der Waals surface area contributed by atoms with Gasteiger partial charge in [-0.2, -0.15) is 0 Å². The summed E-state index contributed by atoms with van der Waals surface area (Å²) in [6, 6.07) is 5.81. The summed E-state index contributed by atoms with van der Waals surface area (Å²) in [6.07, 6.45) is 1.47. The van der Waals surface area contributed by atoms with Crippen LogP contribution in [0.5, 0.6) is 5.75 Å². The number of anilines is 2. The molecule has 6 heteroatoms. The van der Waals surface area contributed by atoms with E-state index in [1.54, 1.807) is 6.07 Å². The summed E-state index contributed by atoms with van der Waals surface area (Å²) in [5, 5.41) is 12.2. The molecular formula is C13H12ClN3O2. The fourth-order valence-corrected chi connectivity index (χ4v) is 1.71. The maximum Gasteiger partial charge on any atom is 0.258 e. The highest BCUT2D eigenvalue weighted by atomic mass is 35.5. The first-order valence-electron chi connectivity index (χ1n) is 5.49. The number of aromatic nitrogens is 1. The number of pyridine rings is 1. The molecule has 4 N–H and O–H groups in total. The average molecular weight is 278 g/mol. The highest BCUT2D eigenvalue weighted by Crippen LogP contribution is 2.22. The molecule has 0 atom stereocenters. The van der Waals surface area contributed by atoms with Crippen LogP contribution in [-0.4, -0.2) is 16.0 Å². The molecule has 2 rings (SSSR count). The molecule has 0 radical (unpaired) electrons. The monoisotopic (exact) mass is 277 g/mol. The largest absolute Gasteiger partial charge is 0.508 e. The third-order valence-electron chi connectivity index (χ3n) is 2.59. The van der Waals surface area contributed by atoms with Crippen LogP contribution in [0.2, 0.25) is 5.02 Å². The molecule has 0 aliphatic carbocycles. The van der Waals surface area contributed by atoms with Gasteiger partial charge in [-0.25, -0.2) is 4.98 Å². The van der Waals surface area contributed by atoms with Gasteiger partial charge >= 0.3 is 0 Å². The maximum absolute atomic E-state index is 12.0. The zero-order chi connectivity index (χ0) is 14.0. The van der Waals surface area contributed by atoms with E-state index < -0.39 is 5.91 Å². The Kier molecular flexibility index (Phi) is 3.57. The van der Waals surface area contributed by atoms with E-state index in [4.69, 9.17) is 17.3 Å². The lowest BCUT2D eigenvalue weighted by Gasteiger charge is -2.08. The fourth-order valence-electron chi connectivity index (χ4n) is 1.51. The molecule has 1 aromatic carbocycles. The SMILES string of the molecule is Cc1cc(NC(=O)c2cc(O)ccc2Cl)ncc1N. The van der Waals surface area contributed by atoms with Crippen molar-refractivity contribution in [2.45, 2.75) is 6.92 Å². The van der Waals surface area contributed by atoms with Crippen LogP contribution in [0, 0.1) is 6.92 Å². The van der Waals surface area contributed by atoms with Gasteiger partial charge in [-0.15, -0.1) is 0 Å². The normalized spacial score (nSPS) is 10.2. The molecule has 0 spiro atoms. The fraction of sp³-hybridized carbons (Fsp3) is 0.0769. The van der Waals surface area contributed by atoms with Crippen LogP contribution in [0.4, 0.5) is 11.5 Å². The molecule has 5 nitrogen and oxygen atoms in total. The van der Waals surface area contributed by atoms with Gasteiger partial charge in [-0.3, -0.25) is 4.79 Å². The van der Waals surface area contributed by atoms with Crippen molar-refractivity contribution in [3.05, 3.63) is 46.6 Å². The average Bonchev–Trinajstić information content (AvgIpc) is 2.36. The number of aryl methyl sites for hydroxylation is 1. The molecule has 0 saturated carbocycles. The molecule has 1 aromatic heterocycles. The number of carbonyl (C=O) groups excluding carboxylic acids is 1. The minimum atomic E-state index is -0.447. The standard InChI is InChI=1S/C13H12ClN3O2/c1-7-4-12(16-6-11(7)15)17-13(19)9-5-8(18)2-3-10(9)14/h2-6,18H,15H2,1H3,(H,16,17,19). The van der Waals surface area contributed by atoms with Crippen molar-refractivity contribution >= 4 is 29.0 Å². The summed E-state index contributed by atoms with van der Waals surface area (Å²) < 4.78 is 0. The number of nitrogen functional groups attached to an aromatic ring is 1. The molecule has 98 valence electrons. The molecule has 1 amide bonds. The molecule has 0 aliphatic rings. The summed E-state index contributed by atoms with van der Waals surface area (Å²) in [6.45, 7) is 1.81. The third-order valence-corrected chi connectivity index (χ3v) is 2.92. The number of carbonyl (C=O) groups is 1. The van der Waals surface area contributed by atoms with Crippen LogP contribution in [0.3, 0.4) is 0 Å². The molecule has 2 aromatic rings. The topological polar surface area (TPSA) is 88.2 Å². The van der Waals surface area contributed by atoms with Gasteiger partial charge in [0.25, 0.3) is 5.91 Å². The van der Waals surface area contributed by atoms with Crippen molar-refractivity contribution in [1.82, 2.24) is 4.98 Å². The number of halogens is 1. The number of nitrogens with zero attached hydrogens (tertiary/aromatic N) is 1. The lowest BCUT2D eigenvalue weighted by molar-refractivity contribution is 0.102. The number of phenolic OH excluding ortho intramolecular Hbond substituents is 1. The number of phenols is 1. The summed E-state index contributed by atoms with van der Waals surface area (Å²) >= 11 is 5.90. The van der Waals surface area contributed by atoms with Crippen LogP contribution in [0.15, 0.2) is 30.5 Å². The lowest BCUT2D eigenvalue weighted by atomic mass is 10.2. The molecule has 19 heavy (non-hydrogen) atoms. The Morgan fingerprint density at radius 3 is 2.84 bits per heavy atom. The number of hydrogen-bond donors (Lipinski definition) is 3. The Bertz CT molecular complexity index is 644. The van der Waals surface area contributed by atoms with E-state index in [1.807, 2.05) is 6.92 Å². The second-order valence-electron chi connectivity index (χ2n) is 4.04. The van der Waals surface area contributed by atoms with E-state index >= 15 is 0 Å². The quantitative estimate of drug-likeness (QED) is 0.787. The van der Waals surface area contributed by atoms with E-state index in [1.165, 1.54) is 24.4 Å². The van der Waals surface area contributed by atoms with Gasteiger partial charge in [0.2, 0.25) is 0 Å². The first-order valence-corrected chi connectivity index (χ1v) is 5.87. The van der Waals surface area contributed by atoms with Gasteiger partial charge in [0.1, 0.15) is 11.6 Å². The summed E-state index contributed by atoms with van der Waals surface area (Å²) in [4.78, 5) is 16.0. The van der Waals surface area contributed by atoms with Crippen LogP contribution >= 0.6 is 11.6 Å². The Labute approximate surface area is 115 Å². The highest BCUT2D eigenvalue weighted by molar-refractivity contribution is 6.34. The smallest absolute Gasteiger partial charge is 0.258 e. The lowest BCUT2D eigenvalue weighted by Crippen LogP contribution is -2.13. The predicted octanol–water partition coefficient (Wildman–Crippen LogP) is 2.58. The van der Waals surface area contributed by atoms with Crippen molar-refractivity contribution in [3.63, 3.8) is 0 Å². The van der Waals surface area contributed by atoms with E-state index in [-0.39, 0.29) is 16.3 Å². The minimum Gasteiger partial charge on any atom is -0.508 e. The third kappa shape index (κ3) is 2.95.